The lowest BCUT2D eigenvalue weighted by Crippen LogP contribution is -2.26. The normalized spacial score (nSPS) is 20.5. The van der Waals surface area contributed by atoms with Crippen molar-refractivity contribution in [2.75, 3.05) is 5.75 Å². The summed E-state index contributed by atoms with van der Waals surface area (Å²) in [7, 11) is -2.80. The molecule has 1 aliphatic rings. The number of hydrogen-bond acceptors (Lipinski definition) is 2. The van der Waals surface area contributed by atoms with E-state index in [9.17, 15) is 8.42 Å². The molecule has 1 rings (SSSR count). The summed E-state index contributed by atoms with van der Waals surface area (Å²) in [5, 5.41) is -0.0852. The Bertz CT molecular complexity index is 267. The third kappa shape index (κ3) is 2.83. The fourth-order valence-corrected chi connectivity index (χ4v) is 3.67. The summed E-state index contributed by atoms with van der Waals surface area (Å²) in [5.41, 5.74) is 1.21. The topological polar surface area (TPSA) is 34.1 Å². The van der Waals surface area contributed by atoms with Crippen LogP contribution in [0.15, 0.2) is 12.2 Å². The summed E-state index contributed by atoms with van der Waals surface area (Å²) in [5.74, 6) is 0.351. The van der Waals surface area contributed by atoms with Gasteiger partial charge in [0.2, 0.25) is 0 Å². The molecule has 0 aromatic rings. The van der Waals surface area contributed by atoms with Crippen LogP contribution in [0.5, 0.6) is 0 Å². The van der Waals surface area contributed by atoms with E-state index in [2.05, 4.69) is 6.58 Å². The fraction of sp³-hybridized carbons (Fsp3) is 0.800. The summed E-state index contributed by atoms with van der Waals surface area (Å²) < 4.78 is 23.3. The molecule has 13 heavy (non-hydrogen) atoms. The maximum Gasteiger partial charge on any atom is 0.153 e. The van der Waals surface area contributed by atoms with Gasteiger partial charge in [-0.3, -0.25) is 0 Å². The zero-order valence-electron chi connectivity index (χ0n) is 8.25. The van der Waals surface area contributed by atoms with E-state index in [1.807, 2.05) is 6.92 Å². The van der Waals surface area contributed by atoms with Crippen molar-refractivity contribution >= 4 is 9.84 Å². The Balaban J connectivity index is 2.58. The highest BCUT2D eigenvalue weighted by atomic mass is 32.2. The minimum absolute atomic E-state index is 0.0852. The van der Waals surface area contributed by atoms with Crippen LogP contribution in [0.4, 0.5) is 0 Å². The van der Waals surface area contributed by atoms with Gasteiger partial charge in [-0.05, 0) is 32.1 Å². The quantitative estimate of drug-likeness (QED) is 0.658. The molecule has 0 unspecified atom stereocenters. The molecule has 0 heterocycles. The van der Waals surface area contributed by atoms with Crippen LogP contribution in [0.2, 0.25) is 0 Å². The molecule has 0 radical (unpaired) electrons. The Morgan fingerprint density at radius 3 is 2.38 bits per heavy atom. The van der Waals surface area contributed by atoms with E-state index in [-0.39, 0.29) is 5.25 Å². The van der Waals surface area contributed by atoms with Crippen LogP contribution in [0, 0.1) is 0 Å². The Kier molecular flexibility index (Phi) is 3.54. The molecule has 0 aromatic carbocycles. The molecule has 0 spiro atoms. The fourth-order valence-electron chi connectivity index (χ4n) is 1.81. The van der Waals surface area contributed by atoms with Gasteiger partial charge in [-0.2, -0.15) is 0 Å². The zero-order chi connectivity index (χ0) is 9.90. The Morgan fingerprint density at radius 2 is 1.92 bits per heavy atom. The lowest BCUT2D eigenvalue weighted by Gasteiger charge is -2.22. The molecule has 0 amide bonds. The van der Waals surface area contributed by atoms with E-state index < -0.39 is 9.84 Å². The molecule has 0 atom stereocenters. The first-order valence-electron chi connectivity index (χ1n) is 4.94. The number of rotatable bonds is 3. The lowest BCUT2D eigenvalue weighted by atomic mass is 9.96. The first kappa shape index (κ1) is 10.8. The van der Waals surface area contributed by atoms with Crippen LogP contribution >= 0.6 is 0 Å². The SMILES string of the molecule is C=C1CCC(S(=O)(=O)CCC)CC1. The second kappa shape index (κ2) is 4.27. The summed E-state index contributed by atoms with van der Waals surface area (Å²) in [6.45, 7) is 5.80. The molecular weight excluding hydrogens is 184 g/mol. The Labute approximate surface area is 81.0 Å². The van der Waals surface area contributed by atoms with Gasteiger partial charge in [0.05, 0.1) is 11.0 Å². The molecule has 1 aliphatic carbocycles. The van der Waals surface area contributed by atoms with Gasteiger partial charge in [-0.1, -0.05) is 19.1 Å². The van der Waals surface area contributed by atoms with Crippen molar-refractivity contribution in [2.45, 2.75) is 44.3 Å². The van der Waals surface area contributed by atoms with E-state index in [1.54, 1.807) is 0 Å². The van der Waals surface area contributed by atoms with Gasteiger partial charge in [-0.25, -0.2) is 8.42 Å². The number of sulfone groups is 1. The maximum atomic E-state index is 11.7. The molecular formula is C10H18O2S. The number of hydrogen-bond donors (Lipinski definition) is 0. The highest BCUT2D eigenvalue weighted by Gasteiger charge is 2.26. The van der Waals surface area contributed by atoms with E-state index in [0.717, 1.165) is 32.1 Å². The first-order chi connectivity index (χ1) is 6.06. The van der Waals surface area contributed by atoms with E-state index in [0.29, 0.717) is 5.75 Å². The van der Waals surface area contributed by atoms with Crippen molar-refractivity contribution in [1.29, 1.82) is 0 Å². The van der Waals surface area contributed by atoms with E-state index in [1.165, 1.54) is 5.57 Å². The second-order valence-electron chi connectivity index (χ2n) is 3.82. The standard InChI is InChI=1S/C10H18O2S/c1-3-8-13(11,12)10-6-4-9(2)5-7-10/h10H,2-8H2,1H3. The van der Waals surface area contributed by atoms with Gasteiger partial charge < -0.3 is 0 Å². The van der Waals surface area contributed by atoms with Crippen molar-refractivity contribution in [3.05, 3.63) is 12.2 Å². The zero-order valence-corrected chi connectivity index (χ0v) is 9.07. The Hall–Kier alpha value is -0.310. The molecule has 1 fully saturated rings. The predicted molar refractivity (Wildman–Crippen MR) is 55.5 cm³/mol. The van der Waals surface area contributed by atoms with Gasteiger partial charge >= 0.3 is 0 Å². The highest BCUT2D eigenvalue weighted by molar-refractivity contribution is 7.92. The van der Waals surface area contributed by atoms with Crippen LogP contribution in [0.3, 0.4) is 0 Å². The van der Waals surface area contributed by atoms with Crippen LogP contribution in [0.25, 0.3) is 0 Å². The van der Waals surface area contributed by atoms with Crippen molar-refractivity contribution in [3.8, 4) is 0 Å². The van der Waals surface area contributed by atoms with Gasteiger partial charge in [-0.15, -0.1) is 0 Å². The highest BCUT2D eigenvalue weighted by Crippen LogP contribution is 2.27. The summed E-state index contributed by atoms with van der Waals surface area (Å²) in [4.78, 5) is 0. The smallest absolute Gasteiger partial charge is 0.153 e. The average Bonchev–Trinajstić information content (AvgIpc) is 2.05. The van der Waals surface area contributed by atoms with Crippen molar-refractivity contribution in [1.82, 2.24) is 0 Å². The van der Waals surface area contributed by atoms with Crippen molar-refractivity contribution < 1.29 is 8.42 Å². The van der Waals surface area contributed by atoms with Crippen molar-refractivity contribution in [2.24, 2.45) is 0 Å². The third-order valence-corrected chi connectivity index (χ3v) is 5.10. The lowest BCUT2D eigenvalue weighted by molar-refractivity contribution is 0.537. The van der Waals surface area contributed by atoms with Crippen LogP contribution < -0.4 is 0 Å². The van der Waals surface area contributed by atoms with Gasteiger partial charge in [0.1, 0.15) is 0 Å². The number of allylic oxidation sites excluding steroid dienone is 1. The van der Waals surface area contributed by atoms with Crippen LogP contribution in [-0.2, 0) is 9.84 Å². The molecule has 2 nitrogen and oxygen atoms in total. The first-order valence-corrected chi connectivity index (χ1v) is 6.66. The summed E-state index contributed by atoms with van der Waals surface area (Å²) >= 11 is 0. The largest absolute Gasteiger partial charge is 0.229 e. The van der Waals surface area contributed by atoms with E-state index in [4.69, 9.17) is 0 Å². The minimum Gasteiger partial charge on any atom is -0.229 e. The molecule has 3 heteroatoms. The molecule has 0 aromatic heterocycles. The van der Waals surface area contributed by atoms with Crippen molar-refractivity contribution in [3.63, 3.8) is 0 Å². The maximum absolute atomic E-state index is 11.7. The molecule has 0 saturated heterocycles. The summed E-state index contributed by atoms with van der Waals surface area (Å²) in [6, 6.07) is 0. The third-order valence-electron chi connectivity index (χ3n) is 2.64. The van der Waals surface area contributed by atoms with Gasteiger partial charge in [0, 0.05) is 0 Å². The van der Waals surface area contributed by atoms with Gasteiger partial charge in [0.25, 0.3) is 0 Å². The molecule has 0 bridgehead atoms. The van der Waals surface area contributed by atoms with Crippen LogP contribution in [-0.4, -0.2) is 19.4 Å². The van der Waals surface area contributed by atoms with Crippen LogP contribution in [0.1, 0.15) is 39.0 Å². The average molecular weight is 202 g/mol. The molecule has 0 aliphatic heterocycles. The monoisotopic (exact) mass is 202 g/mol. The summed E-state index contributed by atoms with van der Waals surface area (Å²) in [6.07, 6.45) is 4.11. The Morgan fingerprint density at radius 1 is 1.38 bits per heavy atom. The molecule has 0 N–H and O–H groups in total. The predicted octanol–water partition coefficient (Wildman–Crippen LogP) is 2.31. The second-order valence-corrected chi connectivity index (χ2v) is 6.22. The molecule has 76 valence electrons. The van der Waals surface area contributed by atoms with Gasteiger partial charge in [0.15, 0.2) is 9.84 Å². The van der Waals surface area contributed by atoms with E-state index >= 15 is 0 Å². The molecule has 1 saturated carbocycles. The minimum atomic E-state index is -2.80.